The van der Waals surface area contributed by atoms with Crippen LogP contribution in [0.25, 0.3) is 0 Å². The molecule has 2 rings (SSSR count). The second-order valence-electron chi connectivity index (χ2n) is 4.84. The summed E-state index contributed by atoms with van der Waals surface area (Å²) in [6.07, 6.45) is 3.01. The average Bonchev–Trinajstić information content (AvgIpc) is 2.27. The van der Waals surface area contributed by atoms with E-state index in [2.05, 4.69) is 10.2 Å². The zero-order valence-electron chi connectivity index (χ0n) is 10.3. The van der Waals surface area contributed by atoms with Gasteiger partial charge in [-0.2, -0.15) is 0 Å². The molecule has 1 heterocycles. The number of ether oxygens (including phenoxy) is 2. The SMILES string of the molecule is CNCC1CC(OCCN2CCOCC2)C1. The monoisotopic (exact) mass is 228 g/mol. The van der Waals surface area contributed by atoms with Crippen molar-refractivity contribution in [1.29, 1.82) is 0 Å². The summed E-state index contributed by atoms with van der Waals surface area (Å²) in [7, 11) is 2.02. The molecule has 0 amide bonds. The van der Waals surface area contributed by atoms with Crippen molar-refractivity contribution >= 4 is 0 Å². The van der Waals surface area contributed by atoms with Crippen LogP contribution in [0.5, 0.6) is 0 Å². The Hall–Kier alpha value is -0.160. The van der Waals surface area contributed by atoms with E-state index in [1.165, 1.54) is 12.8 Å². The van der Waals surface area contributed by atoms with Crippen LogP contribution in [0.15, 0.2) is 0 Å². The van der Waals surface area contributed by atoms with E-state index < -0.39 is 0 Å². The molecular formula is C12H24N2O2. The van der Waals surface area contributed by atoms with Crippen LogP contribution in [0.3, 0.4) is 0 Å². The molecule has 1 aliphatic heterocycles. The van der Waals surface area contributed by atoms with Gasteiger partial charge in [0, 0.05) is 19.6 Å². The summed E-state index contributed by atoms with van der Waals surface area (Å²) in [5, 5.41) is 3.22. The summed E-state index contributed by atoms with van der Waals surface area (Å²) >= 11 is 0. The third-order valence-corrected chi connectivity index (χ3v) is 3.55. The van der Waals surface area contributed by atoms with Gasteiger partial charge >= 0.3 is 0 Å². The van der Waals surface area contributed by atoms with E-state index >= 15 is 0 Å². The summed E-state index contributed by atoms with van der Waals surface area (Å²) in [5.74, 6) is 0.846. The Bertz CT molecular complexity index is 189. The Labute approximate surface area is 98.3 Å². The number of morpholine rings is 1. The van der Waals surface area contributed by atoms with Crippen LogP contribution >= 0.6 is 0 Å². The van der Waals surface area contributed by atoms with E-state index in [0.717, 1.165) is 51.9 Å². The number of hydrogen-bond acceptors (Lipinski definition) is 4. The Morgan fingerprint density at radius 1 is 1.31 bits per heavy atom. The molecule has 0 aromatic rings. The highest BCUT2D eigenvalue weighted by atomic mass is 16.5. The van der Waals surface area contributed by atoms with Crippen LogP contribution in [0.4, 0.5) is 0 Å². The summed E-state index contributed by atoms with van der Waals surface area (Å²) < 4.78 is 11.2. The molecule has 1 N–H and O–H groups in total. The standard InChI is InChI=1S/C12H24N2O2/c1-13-10-11-8-12(9-11)16-7-4-14-2-5-15-6-3-14/h11-13H,2-10H2,1H3. The molecule has 16 heavy (non-hydrogen) atoms. The highest BCUT2D eigenvalue weighted by Crippen LogP contribution is 2.29. The molecule has 2 fully saturated rings. The lowest BCUT2D eigenvalue weighted by Crippen LogP contribution is -2.41. The maximum atomic E-state index is 5.85. The molecule has 4 nitrogen and oxygen atoms in total. The van der Waals surface area contributed by atoms with E-state index in [1.54, 1.807) is 0 Å². The fraction of sp³-hybridized carbons (Fsp3) is 1.00. The van der Waals surface area contributed by atoms with Gasteiger partial charge in [-0.15, -0.1) is 0 Å². The van der Waals surface area contributed by atoms with Gasteiger partial charge in [0.25, 0.3) is 0 Å². The topological polar surface area (TPSA) is 33.7 Å². The largest absolute Gasteiger partial charge is 0.379 e. The third kappa shape index (κ3) is 3.70. The van der Waals surface area contributed by atoms with Crippen molar-refractivity contribution in [3.8, 4) is 0 Å². The summed E-state index contributed by atoms with van der Waals surface area (Å²) in [6.45, 7) is 6.99. The van der Waals surface area contributed by atoms with Gasteiger partial charge in [-0.05, 0) is 32.4 Å². The molecule has 0 aromatic carbocycles. The Morgan fingerprint density at radius 3 is 2.75 bits per heavy atom. The Kier molecular flexibility index (Phi) is 5.03. The first-order chi connectivity index (χ1) is 7.88. The van der Waals surface area contributed by atoms with Gasteiger partial charge in [0.2, 0.25) is 0 Å². The highest BCUT2D eigenvalue weighted by Gasteiger charge is 2.28. The second-order valence-corrected chi connectivity index (χ2v) is 4.84. The average molecular weight is 228 g/mol. The molecule has 0 spiro atoms. The van der Waals surface area contributed by atoms with Crippen LogP contribution in [0.2, 0.25) is 0 Å². The fourth-order valence-electron chi connectivity index (χ4n) is 2.44. The Balaban J connectivity index is 1.46. The van der Waals surface area contributed by atoms with Crippen molar-refractivity contribution in [2.24, 2.45) is 5.92 Å². The van der Waals surface area contributed by atoms with Crippen molar-refractivity contribution < 1.29 is 9.47 Å². The first kappa shape index (κ1) is 12.3. The molecule has 94 valence electrons. The molecule has 0 bridgehead atoms. The third-order valence-electron chi connectivity index (χ3n) is 3.55. The molecule has 0 aromatic heterocycles. The quantitative estimate of drug-likeness (QED) is 0.710. The molecular weight excluding hydrogens is 204 g/mol. The van der Waals surface area contributed by atoms with Crippen molar-refractivity contribution in [3.05, 3.63) is 0 Å². The lowest BCUT2D eigenvalue weighted by atomic mass is 9.82. The number of rotatable bonds is 6. The van der Waals surface area contributed by atoms with Crippen molar-refractivity contribution in [1.82, 2.24) is 10.2 Å². The zero-order chi connectivity index (χ0) is 11.2. The van der Waals surface area contributed by atoms with Gasteiger partial charge in [0.15, 0.2) is 0 Å². The first-order valence-electron chi connectivity index (χ1n) is 6.45. The molecule has 0 radical (unpaired) electrons. The summed E-state index contributed by atoms with van der Waals surface area (Å²) in [4.78, 5) is 2.42. The van der Waals surface area contributed by atoms with Crippen LogP contribution in [0.1, 0.15) is 12.8 Å². The number of nitrogens with one attached hydrogen (secondary N) is 1. The van der Waals surface area contributed by atoms with Gasteiger partial charge in [0.1, 0.15) is 0 Å². The number of hydrogen-bond donors (Lipinski definition) is 1. The van der Waals surface area contributed by atoms with Crippen LogP contribution in [-0.2, 0) is 9.47 Å². The molecule has 1 aliphatic carbocycles. The fourth-order valence-corrected chi connectivity index (χ4v) is 2.44. The van der Waals surface area contributed by atoms with Gasteiger partial charge in [-0.3, -0.25) is 4.90 Å². The molecule has 4 heteroatoms. The highest BCUT2D eigenvalue weighted by molar-refractivity contribution is 4.81. The van der Waals surface area contributed by atoms with Crippen LogP contribution in [0, 0.1) is 5.92 Å². The smallest absolute Gasteiger partial charge is 0.0597 e. The summed E-state index contributed by atoms with van der Waals surface area (Å²) in [6, 6.07) is 0. The predicted octanol–water partition coefficient (Wildman–Crippen LogP) is 0.333. The minimum atomic E-state index is 0.527. The van der Waals surface area contributed by atoms with Gasteiger partial charge in [-0.25, -0.2) is 0 Å². The van der Waals surface area contributed by atoms with E-state index in [0.29, 0.717) is 6.10 Å². The van der Waals surface area contributed by atoms with Crippen LogP contribution < -0.4 is 5.32 Å². The van der Waals surface area contributed by atoms with E-state index in [1.807, 2.05) is 7.05 Å². The van der Waals surface area contributed by atoms with Gasteiger partial charge in [-0.1, -0.05) is 0 Å². The molecule has 1 saturated heterocycles. The molecule has 1 saturated carbocycles. The number of nitrogens with zero attached hydrogens (tertiary/aromatic N) is 1. The lowest BCUT2D eigenvalue weighted by Gasteiger charge is -2.35. The summed E-state index contributed by atoms with van der Waals surface area (Å²) in [5.41, 5.74) is 0. The van der Waals surface area contributed by atoms with Crippen molar-refractivity contribution in [2.75, 3.05) is 53.0 Å². The van der Waals surface area contributed by atoms with E-state index in [9.17, 15) is 0 Å². The van der Waals surface area contributed by atoms with Crippen LogP contribution in [-0.4, -0.2) is 64.1 Å². The minimum absolute atomic E-state index is 0.527. The second kappa shape index (κ2) is 6.55. The van der Waals surface area contributed by atoms with E-state index in [-0.39, 0.29) is 0 Å². The maximum Gasteiger partial charge on any atom is 0.0597 e. The van der Waals surface area contributed by atoms with Gasteiger partial charge < -0.3 is 14.8 Å². The van der Waals surface area contributed by atoms with Crippen molar-refractivity contribution in [2.45, 2.75) is 18.9 Å². The van der Waals surface area contributed by atoms with E-state index in [4.69, 9.17) is 9.47 Å². The lowest BCUT2D eigenvalue weighted by molar-refractivity contribution is -0.0451. The molecule has 2 aliphatic rings. The van der Waals surface area contributed by atoms with Gasteiger partial charge in [0.05, 0.1) is 25.9 Å². The molecule has 0 atom stereocenters. The normalized spacial score (nSPS) is 31.3. The first-order valence-corrected chi connectivity index (χ1v) is 6.45. The Morgan fingerprint density at radius 2 is 2.06 bits per heavy atom. The molecule has 0 unspecified atom stereocenters. The zero-order valence-corrected chi connectivity index (χ0v) is 10.3. The van der Waals surface area contributed by atoms with Crippen molar-refractivity contribution in [3.63, 3.8) is 0 Å². The minimum Gasteiger partial charge on any atom is -0.379 e. The maximum absolute atomic E-state index is 5.85. The predicted molar refractivity (Wildman–Crippen MR) is 63.6 cm³/mol.